The van der Waals surface area contributed by atoms with Gasteiger partial charge in [-0.2, -0.15) is 0 Å². The van der Waals surface area contributed by atoms with Gasteiger partial charge >= 0.3 is 0 Å². The molecule has 0 aliphatic heterocycles. The van der Waals surface area contributed by atoms with Gasteiger partial charge in [0.2, 0.25) is 0 Å². The van der Waals surface area contributed by atoms with Gasteiger partial charge in [-0.1, -0.05) is 32.4 Å². The highest BCUT2D eigenvalue weighted by Gasteiger charge is 2.17. The number of aryl methyl sites for hydroxylation is 1. The SMILES string of the molecule is CCC(C)C(C)n1c(=S)[nH]c2cccc(C)c21. The Hall–Kier alpha value is -1.09. The van der Waals surface area contributed by atoms with Crippen LogP contribution in [0.3, 0.4) is 0 Å². The fourth-order valence-corrected chi connectivity index (χ4v) is 2.71. The number of hydrogen-bond acceptors (Lipinski definition) is 1. The van der Waals surface area contributed by atoms with Crippen LogP contribution in [-0.2, 0) is 0 Å². The van der Waals surface area contributed by atoms with Gasteiger partial charge in [0.1, 0.15) is 0 Å². The number of para-hydroxylation sites is 1. The van der Waals surface area contributed by atoms with E-state index < -0.39 is 0 Å². The molecule has 0 radical (unpaired) electrons. The van der Waals surface area contributed by atoms with Gasteiger partial charge < -0.3 is 9.55 Å². The predicted octanol–water partition coefficient (Wildman–Crippen LogP) is 4.61. The van der Waals surface area contributed by atoms with Crippen LogP contribution in [0.1, 0.15) is 38.8 Å². The van der Waals surface area contributed by atoms with Gasteiger partial charge in [-0.05, 0) is 43.6 Å². The lowest BCUT2D eigenvalue weighted by atomic mass is 10.0. The van der Waals surface area contributed by atoms with Crippen LogP contribution in [0.25, 0.3) is 11.0 Å². The van der Waals surface area contributed by atoms with Crippen molar-refractivity contribution < 1.29 is 0 Å². The first kappa shape index (κ1) is 12.4. The van der Waals surface area contributed by atoms with Crippen LogP contribution in [0.4, 0.5) is 0 Å². The Labute approximate surface area is 108 Å². The summed E-state index contributed by atoms with van der Waals surface area (Å²) in [6.45, 7) is 8.91. The van der Waals surface area contributed by atoms with Crippen LogP contribution in [0.15, 0.2) is 18.2 Å². The van der Waals surface area contributed by atoms with E-state index in [1.165, 1.54) is 17.5 Å². The molecule has 2 unspecified atom stereocenters. The van der Waals surface area contributed by atoms with Crippen LogP contribution >= 0.6 is 12.2 Å². The van der Waals surface area contributed by atoms with Gasteiger partial charge in [-0.25, -0.2) is 0 Å². The van der Waals surface area contributed by atoms with Gasteiger partial charge in [0.25, 0.3) is 0 Å². The molecule has 0 aliphatic rings. The Morgan fingerprint density at radius 2 is 2.06 bits per heavy atom. The van der Waals surface area contributed by atoms with Crippen LogP contribution in [0.5, 0.6) is 0 Å². The van der Waals surface area contributed by atoms with Crippen molar-refractivity contribution in [2.75, 3.05) is 0 Å². The maximum atomic E-state index is 5.46. The summed E-state index contributed by atoms with van der Waals surface area (Å²) < 4.78 is 3.11. The summed E-state index contributed by atoms with van der Waals surface area (Å²) in [6, 6.07) is 6.74. The van der Waals surface area contributed by atoms with Crippen LogP contribution < -0.4 is 0 Å². The van der Waals surface area contributed by atoms with Crippen LogP contribution in [0, 0.1) is 17.6 Å². The van der Waals surface area contributed by atoms with E-state index in [0.29, 0.717) is 12.0 Å². The lowest BCUT2D eigenvalue weighted by Crippen LogP contribution is -2.13. The number of nitrogens with zero attached hydrogens (tertiary/aromatic N) is 1. The summed E-state index contributed by atoms with van der Waals surface area (Å²) >= 11 is 5.46. The molecular formula is C14H20N2S. The highest BCUT2D eigenvalue weighted by Crippen LogP contribution is 2.27. The van der Waals surface area contributed by atoms with Crippen molar-refractivity contribution in [3.63, 3.8) is 0 Å². The van der Waals surface area contributed by atoms with Crippen molar-refractivity contribution >= 4 is 23.3 Å². The molecule has 2 aromatic rings. The van der Waals surface area contributed by atoms with Crippen molar-refractivity contribution in [3.05, 3.63) is 28.5 Å². The van der Waals surface area contributed by atoms with Gasteiger partial charge in [0.15, 0.2) is 4.77 Å². The Balaban J connectivity index is 2.68. The molecule has 2 atom stereocenters. The molecule has 2 nitrogen and oxygen atoms in total. The first-order valence-corrected chi connectivity index (χ1v) is 6.67. The van der Waals surface area contributed by atoms with E-state index in [2.05, 4.69) is 55.4 Å². The molecule has 1 aromatic heterocycles. The molecular weight excluding hydrogens is 228 g/mol. The molecule has 92 valence electrons. The standard InChI is InChI=1S/C14H20N2S/c1-5-9(2)11(4)16-13-10(3)7-6-8-12(13)15-14(16)17/h6-9,11H,5H2,1-4H3,(H,15,17). The molecule has 3 heteroatoms. The van der Waals surface area contributed by atoms with Gasteiger partial charge in [-0.15, -0.1) is 0 Å². The first-order valence-electron chi connectivity index (χ1n) is 6.26. The second-order valence-corrected chi connectivity index (χ2v) is 5.28. The first-order chi connectivity index (χ1) is 8.06. The van der Waals surface area contributed by atoms with Crippen molar-refractivity contribution in [1.82, 2.24) is 9.55 Å². The fourth-order valence-electron chi connectivity index (χ4n) is 2.34. The lowest BCUT2D eigenvalue weighted by molar-refractivity contribution is 0.374. The third kappa shape index (κ3) is 2.04. The quantitative estimate of drug-likeness (QED) is 0.786. The van der Waals surface area contributed by atoms with E-state index in [4.69, 9.17) is 12.2 Å². The monoisotopic (exact) mass is 248 g/mol. The van der Waals surface area contributed by atoms with Crippen molar-refractivity contribution in [2.45, 2.75) is 40.2 Å². The van der Waals surface area contributed by atoms with Crippen LogP contribution in [0.2, 0.25) is 0 Å². The molecule has 0 fully saturated rings. The smallest absolute Gasteiger partial charge is 0.178 e. The number of imidazole rings is 1. The summed E-state index contributed by atoms with van der Waals surface area (Å²) in [5.74, 6) is 0.625. The topological polar surface area (TPSA) is 20.7 Å². The third-order valence-electron chi connectivity index (χ3n) is 3.81. The maximum absolute atomic E-state index is 5.46. The average Bonchev–Trinajstić information content (AvgIpc) is 2.65. The Kier molecular flexibility index (Phi) is 3.38. The van der Waals surface area contributed by atoms with Crippen molar-refractivity contribution in [2.24, 2.45) is 5.92 Å². The second-order valence-electron chi connectivity index (χ2n) is 4.90. The normalized spacial score (nSPS) is 15.1. The molecule has 17 heavy (non-hydrogen) atoms. The van der Waals surface area contributed by atoms with E-state index >= 15 is 0 Å². The molecule has 0 saturated heterocycles. The van der Waals surface area contributed by atoms with Crippen LogP contribution in [-0.4, -0.2) is 9.55 Å². The average molecular weight is 248 g/mol. The summed E-state index contributed by atoms with van der Waals surface area (Å²) in [5, 5.41) is 0. The van der Waals surface area contributed by atoms with Crippen molar-refractivity contribution in [1.29, 1.82) is 0 Å². The minimum Gasteiger partial charge on any atom is -0.331 e. The molecule has 0 spiro atoms. The summed E-state index contributed by atoms with van der Waals surface area (Å²) in [5.41, 5.74) is 3.68. The van der Waals surface area contributed by atoms with E-state index in [0.717, 1.165) is 10.3 Å². The second kappa shape index (κ2) is 4.65. The highest BCUT2D eigenvalue weighted by molar-refractivity contribution is 7.71. The van der Waals surface area contributed by atoms with Gasteiger partial charge in [0, 0.05) is 6.04 Å². The third-order valence-corrected chi connectivity index (χ3v) is 4.11. The largest absolute Gasteiger partial charge is 0.331 e. The van der Waals surface area contributed by atoms with E-state index in [1.54, 1.807) is 0 Å². The summed E-state index contributed by atoms with van der Waals surface area (Å²) in [7, 11) is 0. The van der Waals surface area contributed by atoms with Crippen molar-refractivity contribution in [3.8, 4) is 0 Å². The summed E-state index contributed by atoms with van der Waals surface area (Å²) in [6.07, 6.45) is 1.17. The molecule has 2 rings (SSSR count). The number of H-pyrrole nitrogens is 1. The number of benzene rings is 1. The molecule has 0 amide bonds. The van der Waals surface area contributed by atoms with Gasteiger partial charge in [0.05, 0.1) is 11.0 Å². The number of nitrogens with one attached hydrogen (secondary N) is 1. The summed E-state index contributed by atoms with van der Waals surface area (Å²) in [4.78, 5) is 3.31. The molecule has 1 heterocycles. The number of rotatable bonds is 3. The molecule has 1 aromatic carbocycles. The number of fused-ring (bicyclic) bond motifs is 1. The molecule has 0 saturated carbocycles. The molecule has 1 N–H and O–H groups in total. The predicted molar refractivity (Wildman–Crippen MR) is 76.0 cm³/mol. The van der Waals surface area contributed by atoms with E-state index in [9.17, 15) is 0 Å². The highest BCUT2D eigenvalue weighted by atomic mass is 32.1. The number of aromatic nitrogens is 2. The van der Waals surface area contributed by atoms with E-state index in [1.807, 2.05) is 0 Å². The maximum Gasteiger partial charge on any atom is 0.178 e. The lowest BCUT2D eigenvalue weighted by Gasteiger charge is -2.21. The molecule has 0 bridgehead atoms. The minimum atomic E-state index is 0.433. The zero-order valence-corrected chi connectivity index (χ0v) is 11.8. The number of aromatic amines is 1. The minimum absolute atomic E-state index is 0.433. The zero-order chi connectivity index (χ0) is 12.6. The molecule has 0 aliphatic carbocycles. The Morgan fingerprint density at radius 1 is 1.35 bits per heavy atom. The Morgan fingerprint density at radius 3 is 2.71 bits per heavy atom. The fraction of sp³-hybridized carbons (Fsp3) is 0.500. The van der Waals surface area contributed by atoms with E-state index in [-0.39, 0.29) is 0 Å². The Bertz CT molecular complexity index is 579. The zero-order valence-electron chi connectivity index (χ0n) is 10.9. The van der Waals surface area contributed by atoms with Gasteiger partial charge in [-0.3, -0.25) is 0 Å². The number of hydrogen-bond donors (Lipinski definition) is 1.